The highest BCUT2D eigenvalue weighted by Crippen LogP contribution is 2.20. The van der Waals surface area contributed by atoms with Crippen LogP contribution in [0.3, 0.4) is 0 Å². The molecule has 2 rings (SSSR count). The molecule has 0 aliphatic carbocycles. The minimum atomic E-state index is -0.894. The lowest BCUT2D eigenvalue weighted by Gasteiger charge is -2.10. The van der Waals surface area contributed by atoms with Gasteiger partial charge in [-0.1, -0.05) is 24.3 Å². The summed E-state index contributed by atoms with van der Waals surface area (Å²) in [5, 5.41) is 9.45. The van der Waals surface area contributed by atoms with Gasteiger partial charge in [0.2, 0.25) is 0 Å². The van der Waals surface area contributed by atoms with Crippen LogP contribution in [0.2, 0.25) is 0 Å². The molecule has 1 unspecified atom stereocenters. The largest absolute Gasteiger partial charge is 0.489 e. The second kappa shape index (κ2) is 5.80. The predicted molar refractivity (Wildman–Crippen MR) is 67.8 cm³/mol. The van der Waals surface area contributed by atoms with E-state index in [9.17, 15) is 13.9 Å². The first-order valence-corrected chi connectivity index (χ1v) is 5.91. The van der Waals surface area contributed by atoms with Crippen LogP contribution in [-0.4, -0.2) is 5.11 Å². The fourth-order valence-electron chi connectivity index (χ4n) is 1.69. The molecule has 0 aromatic heterocycles. The minimum absolute atomic E-state index is 0.0626. The molecule has 0 aliphatic rings. The Morgan fingerprint density at radius 3 is 2.63 bits per heavy atom. The van der Waals surface area contributed by atoms with Gasteiger partial charge in [0, 0.05) is 5.56 Å². The Balaban J connectivity index is 2.10. The van der Waals surface area contributed by atoms with Crippen molar-refractivity contribution in [2.75, 3.05) is 0 Å². The van der Waals surface area contributed by atoms with Gasteiger partial charge in [0.15, 0.2) is 11.6 Å². The smallest absolute Gasteiger partial charge is 0.165 e. The maximum atomic E-state index is 13.4. The standard InChI is InChI=1S/C15H14F2O2/c1-10(18)11-4-2-6-13(8-11)19-9-12-5-3-7-14(16)15(12)17/h2-8,10,18H,9H2,1H3. The van der Waals surface area contributed by atoms with Crippen LogP contribution in [0.4, 0.5) is 8.78 Å². The summed E-state index contributed by atoms with van der Waals surface area (Å²) in [7, 11) is 0. The zero-order chi connectivity index (χ0) is 13.8. The van der Waals surface area contributed by atoms with Crippen molar-refractivity contribution in [2.45, 2.75) is 19.6 Å². The Labute approximate surface area is 110 Å². The molecule has 2 aromatic rings. The number of hydrogen-bond acceptors (Lipinski definition) is 2. The summed E-state index contributed by atoms with van der Waals surface area (Å²) in [6, 6.07) is 10.8. The van der Waals surface area contributed by atoms with E-state index in [0.29, 0.717) is 11.3 Å². The first-order chi connectivity index (χ1) is 9.08. The molecule has 4 heteroatoms. The van der Waals surface area contributed by atoms with Crippen LogP contribution in [0.25, 0.3) is 0 Å². The van der Waals surface area contributed by atoms with E-state index in [1.54, 1.807) is 31.2 Å². The molecule has 0 saturated heterocycles. The van der Waals surface area contributed by atoms with Crippen molar-refractivity contribution in [3.8, 4) is 5.75 Å². The molecule has 0 fully saturated rings. The van der Waals surface area contributed by atoms with Crippen LogP contribution in [0.15, 0.2) is 42.5 Å². The monoisotopic (exact) mass is 264 g/mol. The van der Waals surface area contributed by atoms with E-state index in [4.69, 9.17) is 4.74 Å². The summed E-state index contributed by atoms with van der Waals surface area (Å²) in [5.74, 6) is -1.28. The van der Waals surface area contributed by atoms with E-state index in [0.717, 1.165) is 6.07 Å². The van der Waals surface area contributed by atoms with Gasteiger partial charge in [-0.15, -0.1) is 0 Å². The van der Waals surface area contributed by atoms with E-state index >= 15 is 0 Å². The highest BCUT2D eigenvalue weighted by molar-refractivity contribution is 5.30. The second-order valence-electron chi connectivity index (χ2n) is 4.25. The lowest BCUT2D eigenvalue weighted by molar-refractivity contribution is 0.198. The summed E-state index contributed by atoms with van der Waals surface area (Å²) in [4.78, 5) is 0. The van der Waals surface area contributed by atoms with Gasteiger partial charge < -0.3 is 9.84 Å². The van der Waals surface area contributed by atoms with Crippen molar-refractivity contribution in [2.24, 2.45) is 0 Å². The van der Waals surface area contributed by atoms with E-state index in [1.165, 1.54) is 12.1 Å². The minimum Gasteiger partial charge on any atom is -0.489 e. The third-order valence-corrected chi connectivity index (χ3v) is 2.77. The number of aliphatic hydroxyl groups is 1. The van der Waals surface area contributed by atoms with Gasteiger partial charge in [0.25, 0.3) is 0 Å². The molecule has 19 heavy (non-hydrogen) atoms. The van der Waals surface area contributed by atoms with Crippen molar-refractivity contribution in [3.05, 3.63) is 65.2 Å². The average molecular weight is 264 g/mol. The number of aliphatic hydroxyl groups excluding tert-OH is 1. The van der Waals surface area contributed by atoms with Crippen molar-refractivity contribution in [1.82, 2.24) is 0 Å². The van der Waals surface area contributed by atoms with Crippen molar-refractivity contribution >= 4 is 0 Å². The zero-order valence-corrected chi connectivity index (χ0v) is 10.4. The third kappa shape index (κ3) is 3.29. The van der Waals surface area contributed by atoms with Gasteiger partial charge >= 0.3 is 0 Å². The number of benzene rings is 2. The fraction of sp³-hybridized carbons (Fsp3) is 0.200. The van der Waals surface area contributed by atoms with E-state index < -0.39 is 17.7 Å². The second-order valence-corrected chi connectivity index (χ2v) is 4.25. The molecule has 0 bridgehead atoms. The van der Waals surface area contributed by atoms with Crippen LogP contribution in [0, 0.1) is 11.6 Å². The van der Waals surface area contributed by atoms with E-state index in [-0.39, 0.29) is 12.2 Å². The Morgan fingerprint density at radius 2 is 1.89 bits per heavy atom. The molecule has 0 amide bonds. The number of rotatable bonds is 4. The van der Waals surface area contributed by atoms with Crippen LogP contribution in [-0.2, 0) is 6.61 Å². The summed E-state index contributed by atoms with van der Waals surface area (Å²) in [6.45, 7) is 1.58. The molecule has 2 aromatic carbocycles. The highest BCUT2D eigenvalue weighted by Gasteiger charge is 2.08. The normalized spacial score (nSPS) is 12.2. The van der Waals surface area contributed by atoms with Gasteiger partial charge in [-0.3, -0.25) is 0 Å². The molecular formula is C15H14F2O2. The summed E-state index contributed by atoms with van der Waals surface area (Å²) in [6.07, 6.45) is -0.602. The van der Waals surface area contributed by atoms with Crippen molar-refractivity contribution in [1.29, 1.82) is 0 Å². The van der Waals surface area contributed by atoms with Gasteiger partial charge in [0.1, 0.15) is 12.4 Å². The zero-order valence-electron chi connectivity index (χ0n) is 10.4. The number of halogens is 2. The van der Waals surface area contributed by atoms with Crippen LogP contribution >= 0.6 is 0 Å². The Bertz CT molecular complexity index is 568. The molecule has 2 nitrogen and oxygen atoms in total. The van der Waals surface area contributed by atoms with E-state index in [2.05, 4.69) is 0 Å². The van der Waals surface area contributed by atoms with Gasteiger partial charge in [-0.2, -0.15) is 0 Å². The molecule has 0 spiro atoms. The Kier molecular flexibility index (Phi) is 4.12. The number of ether oxygens (including phenoxy) is 1. The Morgan fingerprint density at radius 1 is 1.16 bits per heavy atom. The van der Waals surface area contributed by atoms with E-state index in [1.807, 2.05) is 0 Å². The predicted octanol–water partition coefficient (Wildman–Crippen LogP) is 3.60. The summed E-state index contributed by atoms with van der Waals surface area (Å²) in [5.41, 5.74) is 0.861. The Hall–Kier alpha value is -1.94. The van der Waals surface area contributed by atoms with Crippen molar-refractivity contribution in [3.63, 3.8) is 0 Å². The SMILES string of the molecule is CC(O)c1cccc(OCc2cccc(F)c2F)c1. The fourth-order valence-corrected chi connectivity index (χ4v) is 1.69. The summed E-state index contributed by atoms with van der Waals surface area (Å²) < 4.78 is 31.8. The van der Waals surface area contributed by atoms with Crippen LogP contribution < -0.4 is 4.74 Å². The molecule has 1 atom stereocenters. The van der Waals surface area contributed by atoms with Crippen molar-refractivity contribution < 1.29 is 18.6 Å². The molecule has 0 radical (unpaired) electrons. The first kappa shape index (κ1) is 13.5. The number of hydrogen-bond donors (Lipinski definition) is 1. The molecule has 0 saturated carbocycles. The van der Waals surface area contributed by atoms with Crippen LogP contribution in [0.5, 0.6) is 5.75 Å². The molecule has 100 valence electrons. The molecule has 1 N–H and O–H groups in total. The molecular weight excluding hydrogens is 250 g/mol. The lowest BCUT2D eigenvalue weighted by atomic mass is 10.1. The quantitative estimate of drug-likeness (QED) is 0.914. The summed E-state index contributed by atoms with van der Waals surface area (Å²) >= 11 is 0. The average Bonchev–Trinajstić information content (AvgIpc) is 2.41. The maximum absolute atomic E-state index is 13.4. The molecule has 0 aliphatic heterocycles. The third-order valence-electron chi connectivity index (χ3n) is 2.77. The highest BCUT2D eigenvalue weighted by atomic mass is 19.2. The lowest BCUT2D eigenvalue weighted by Crippen LogP contribution is -2.01. The van der Waals surface area contributed by atoms with Gasteiger partial charge in [0.05, 0.1) is 6.10 Å². The van der Waals surface area contributed by atoms with Gasteiger partial charge in [-0.25, -0.2) is 8.78 Å². The maximum Gasteiger partial charge on any atom is 0.165 e. The van der Waals surface area contributed by atoms with Crippen LogP contribution in [0.1, 0.15) is 24.2 Å². The van der Waals surface area contributed by atoms with Gasteiger partial charge in [-0.05, 0) is 30.7 Å². The first-order valence-electron chi connectivity index (χ1n) is 5.91. The molecule has 0 heterocycles. The topological polar surface area (TPSA) is 29.5 Å².